The maximum absolute atomic E-state index is 12.0. The van der Waals surface area contributed by atoms with E-state index in [9.17, 15) is 14.9 Å². The van der Waals surface area contributed by atoms with E-state index in [1.54, 1.807) is 0 Å². The molecule has 2 N–H and O–H groups in total. The van der Waals surface area contributed by atoms with Gasteiger partial charge in [0.05, 0.1) is 4.92 Å². The Balaban J connectivity index is 0.00000220. The van der Waals surface area contributed by atoms with E-state index in [-0.39, 0.29) is 28.7 Å². The Morgan fingerprint density at radius 3 is 2.90 bits per heavy atom. The summed E-state index contributed by atoms with van der Waals surface area (Å²) in [5.41, 5.74) is -0.221. The van der Waals surface area contributed by atoms with Gasteiger partial charge < -0.3 is 10.6 Å². The summed E-state index contributed by atoms with van der Waals surface area (Å²) in [5.74, 6) is 0.134. The Kier molecular flexibility index (Phi) is 6.87. The molecule has 0 aliphatic carbocycles. The van der Waals surface area contributed by atoms with Gasteiger partial charge >= 0.3 is 0 Å². The Morgan fingerprint density at radius 1 is 1.52 bits per heavy atom. The zero-order chi connectivity index (χ0) is 14.5. The number of nitro groups is 1. The summed E-state index contributed by atoms with van der Waals surface area (Å²) in [6.45, 7) is 2.50. The van der Waals surface area contributed by atoms with Gasteiger partial charge in [0.15, 0.2) is 0 Å². The van der Waals surface area contributed by atoms with Crippen LogP contribution in [0.15, 0.2) is 18.2 Å². The van der Waals surface area contributed by atoms with E-state index in [0.29, 0.717) is 12.5 Å². The number of nitro benzene ring substituents is 1. The smallest absolute Gasteiger partial charge is 0.283 e. The van der Waals surface area contributed by atoms with E-state index in [4.69, 9.17) is 11.6 Å². The fourth-order valence-electron chi connectivity index (χ4n) is 2.29. The summed E-state index contributed by atoms with van der Waals surface area (Å²) in [4.78, 5) is 22.3. The normalized spacial score (nSPS) is 17.1. The average Bonchev–Trinajstić information content (AvgIpc) is 2.91. The highest BCUT2D eigenvalue weighted by Gasteiger charge is 2.21. The Bertz CT molecular complexity index is 519. The summed E-state index contributed by atoms with van der Waals surface area (Å²) in [5, 5.41) is 17.1. The van der Waals surface area contributed by atoms with Crippen molar-refractivity contribution in [2.24, 2.45) is 5.92 Å². The van der Waals surface area contributed by atoms with Gasteiger partial charge in [-0.25, -0.2) is 0 Å². The molecular weight excluding hydrogens is 317 g/mol. The van der Waals surface area contributed by atoms with Gasteiger partial charge in [0.25, 0.3) is 11.6 Å². The number of amides is 1. The molecule has 1 atom stereocenters. The average molecular weight is 334 g/mol. The van der Waals surface area contributed by atoms with E-state index >= 15 is 0 Å². The van der Waals surface area contributed by atoms with E-state index in [2.05, 4.69) is 10.6 Å². The number of rotatable bonds is 5. The van der Waals surface area contributed by atoms with Crippen molar-refractivity contribution in [1.82, 2.24) is 10.6 Å². The van der Waals surface area contributed by atoms with Crippen LogP contribution in [0.1, 0.15) is 23.2 Å². The van der Waals surface area contributed by atoms with E-state index in [0.717, 1.165) is 25.9 Å². The molecule has 2 rings (SSSR count). The van der Waals surface area contributed by atoms with Crippen molar-refractivity contribution in [3.8, 4) is 0 Å². The number of carbonyl (C=O) groups is 1. The van der Waals surface area contributed by atoms with Crippen molar-refractivity contribution >= 4 is 35.6 Å². The molecule has 8 heteroatoms. The number of hydrogen-bond donors (Lipinski definition) is 2. The predicted molar refractivity (Wildman–Crippen MR) is 83.3 cm³/mol. The van der Waals surface area contributed by atoms with Crippen molar-refractivity contribution in [3.05, 3.63) is 38.9 Å². The first-order valence-corrected chi connectivity index (χ1v) is 6.88. The van der Waals surface area contributed by atoms with Crippen molar-refractivity contribution < 1.29 is 9.72 Å². The second-order valence-corrected chi connectivity index (χ2v) is 5.26. The molecule has 116 valence electrons. The van der Waals surface area contributed by atoms with Gasteiger partial charge in [-0.2, -0.15) is 0 Å². The number of halogens is 2. The van der Waals surface area contributed by atoms with Crippen molar-refractivity contribution in [3.63, 3.8) is 0 Å². The molecule has 1 aromatic carbocycles. The van der Waals surface area contributed by atoms with Gasteiger partial charge in [-0.15, -0.1) is 12.4 Å². The van der Waals surface area contributed by atoms with Gasteiger partial charge in [0, 0.05) is 17.6 Å². The summed E-state index contributed by atoms with van der Waals surface area (Å²) >= 11 is 5.71. The van der Waals surface area contributed by atoms with Crippen LogP contribution in [0.5, 0.6) is 0 Å². The van der Waals surface area contributed by atoms with Crippen LogP contribution in [-0.2, 0) is 0 Å². The number of nitrogens with one attached hydrogen (secondary N) is 2. The number of carbonyl (C=O) groups excluding carboxylic acids is 1. The summed E-state index contributed by atoms with van der Waals surface area (Å²) in [6, 6.07) is 4.05. The second-order valence-electron chi connectivity index (χ2n) is 4.82. The molecule has 6 nitrogen and oxygen atoms in total. The summed E-state index contributed by atoms with van der Waals surface area (Å²) in [6.07, 6.45) is 1.98. The highest BCUT2D eigenvalue weighted by atomic mass is 35.5. The Hall–Kier alpha value is -1.37. The standard InChI is InChI=1S/C13H16ClN3O3.ClH/c14-10-1-2-11(12(7-10)17(19)20)13(18)16-6-4-9-3-5-15-8-9;/h1-2,7,9,15H,3-6,8H2,(H,16,18);1H. The number of benzene rings is 1. The van der Waals surface area contributed by atoms with Crippen molar-refractivity contribution in [2.45, 2.75) is 12.8 Å². The third-order valence-corrected chi connectivity index (χ3v) is 3.64. The van der Waals surface area contributed by atoms with E-state index < -0.39 is 10.8 Å². The molecule has 1 fully saturated rings. The first-order chi connectivity index (χ1) is 9.58. The fourth-order valence-corrected chi connectivity index (χ4v) is 2.46. The molecule has 1 unspecified atom stereocenters. The van der Waals surface area contributed by atoms with E-state index in [1.165, 1.54) is 18.2 Å². The highest BCUT2D eigenvalue weighted by Crippen LogP contribution is 2.23. The third kappa shape index (κ3) is 4.84. The first-order valence-electron chi connectivity index (χ1n) is 6.51. The molecule has 1 aliphatic rings. The largest absolute Gasteiger partial charge is 0.352 e. The Labute approximate surface area is 133 Å². The highest BCUT2D eigenvalue weighted by molar-refractivity contribution is 6.31. The molecule has 1 aliphatic heterocycles. The number of hydrogen-bond acceptors (Lipinski definition) is 4. The quantitative estimate of drug-likeness (QED) is 0.640. The molecule has 0 bridgehead atoms. The topological polar surface area (TPSA) is 84.3 Å². The first kappa shape index (κ1) is 17.7. The minimum atomic E-state index is -0.596. The van der Waals surface area contributed by atoms with Crippen LogP contribution in [-0.4, -0.2) is 30.5 Å². The van der Waals surface area contributed by atoms with Gasteiger partial charge in [0.1, 0.15) is 5.56 Å². The lowest BCUT2D eigenvalue weighted by atomic mass is 10.1. The molecule has 1 heterocycles. The van der Waals surface area contributed by atoms with Gasteiger partial charge in [-0.1, -0.05) is 11.6 Å². The SMILES string of the molecule is Cl.O=C(NCCC1CCNC1)c1ccc(Cl)cc1[N+](=O)[O-]. The van der Waals surface area contributed by atoms with Crippen LogP contribution in [0.4, 0.5) is 5.69 Å². The van der Waals surface area contributed by atoms with Crippen molar-refractivity contribution in [1.29, 1.82) is 0 Å². The molecular formula is C13H17Cl2N3O3. The van der Waals surface area contributed by atoms with Crippen LogP contribution in [0.2, 0.25) is 5.02 Å². The fraction of sp³-hybridized carbons (Fsp3) is 0.462. The minimum Gasteiger partial charge on any atom is -0.352 e. The lowest BCUT2D eigenvalue weighted by Crippen LogP contribution is -2.27. The molecule has 1 amide bonds. The molecule has 0 radical (unpaired) electrons. The lowest BCUT2D eigenvalue weighted by molar-refractivity contribution is -0.385. The molecule has 0 saturated carbocycles. The van der Waals surface area contributed by atoms with E-state index in [1.807, 2.05) is 0 Å². The zero-order valence-electron chi connectivity index (χ0n) is 11.3. The summed E-state index contributed by atoms with van der Waals surface area (Å²) in [7, 11) is 0. The molecule has 0 aromatic heterocycles. The maximum atomic E-state index is 12.0. The molecule has 1 aromatic rings. The molecule has 1 saturated heterocycles. The maximum Gasteiger partial charge on any atom is 0.283 e. The van der Waals surface area contributed by atoms with Crippen LogP contribution in [0.25, 0.3) is 0 Å². The van der Waals surface area contributed by atoms with Gasteiger partial charge in [-0.05, 0) is 44.0 Å². The van der Waals surface area contributed by atoms with Crippen LogP contribution < -0.4 is 10.6 Å². The van der Waals surface area contributed by atoms with Crippen LogP contribution in [0.3, 0.4) is 0 Å². The van der Waals surface area contributed by atoms with Crippen LogP contribution in [0, 0.1) is 16.0 Å². The monoisotopic (exact) mass is 333 g/mol. The molecule has 21 heavy (non-hydrogen) atoms. The van der Waals surface area contributed by atoms with Crippen LogP contribution >= 0.6 is 24.0 Å². The zero-order valence-corrected chi connectivity index (χ0v) is 12.9. The predicted octanol–water partition coefficient (Wildman–Crippen LogP) is 2.40. The van der Waals surface area contributed by atoms with Gasteiger partial charge in [0.2, 0.25) is 0 Å². The Morgan fingerprint density at radius 2 is 2.29 bits per heavy atom. The third-order valence-electron chi connectivity index (χ3n) is 3.40. The number of nitrogens with zero attached hydrogens (tertiary/aromatic N) is 1. The minimum absolute atomic E-state index is 0. The van der Waals surface area contributed by atoms with Crippen molar-refractivity contribution in [2.75, 3.05) is 19.6 Å². The molecule has 0 spiro atoms. The lowest BCUT2D eigenvalue weighted by Gasteiger charge is -2.09. The second kappa shape index (κ2) is 8.17. The summed E-state index contributed by atoms with van der Waals surface area (Å²) < 4.78 is 0. The van der Waals surface area contributed by atoms with Gasteiger partial charge in [-0.3, -0.25) is 14.9 Å².